The Morgan fingerprint density at radius 2 is 2.40 bits per heavy atom. The van der Waals surface area contributed by atoms with Crippen LogP contribution in [0.15, 0.2) is 5.38 Å². The second kappa shape index (κ2) is 2.20. The number of rotatable bonds is 1. The van der Waals surface area contributed by atoms with Gasteiger partial charge in [0.1, 0.15) is 0 Å². The highest BCUT2D eigenvalue weighted by atomic mass is 32.1. The van der Waals surface area contributed by atoms with Crippen LogP contribution in [-0.2, 0) is 12.8 Å². The Morgan fingerprint density at radius 1 is 1.50 bits per heavy atom. The third-order valence-electron chi connectivity index (χ3n) is 1.99. The zero-order chi connectivity index (χ0) is 6.97. The Hall–Kier alpha value is -0.630. The molecule has 0 amide bonds. The minimum Gasteiger partial charge on any atom is -0.297 e. The Kier molecular flexibility index (Phi) is 1.34. The lowest BCUT2D eigenvalue weighted by molar-refractivity contribution is 0.112. The molecule has 0 radical (unpaired) electrons. The topological polar surface area (TPSA) is 17.1 Å². The lowest BCUT2D eigenvalue weighted by atomic mass is 10.2. The third-order valence-corrected chi connectivity index (χ3v) is 2.99. The lowest BCUT2D eigenvalue weighted by Gasteiger charge is -1.86. The second-order valence-electron chi connectivity index (χ2n) is 2.58. The summed E-state index contributed by atoms with van der Waals surface area (Å²) < 4.78 is 0. The van der Waals surface area contributed by atoms with E-state index in [9.17, 15) is 4.79 Å². The van der Waals surface area contributed by atoms with Gasteiger partial charge < -0.3 is 0 Å². The Labute approximate surface area is 63.7 Å². The zero-order valence-electron chi connectivity index (χ0n) is 5.59. The first-order valence-corrected chi connectivity index (χ1v) is 4.34. The number of hydrogen-bond acceptors (Lipinski definition) is 2. The molecule has 0 bridgehead atoms. The number of aldehydes is 1. The van der Waals surface area contributed by atoms with Crippen LogP contribution in [0.1, 0.15) is 27.2 Å². The first-order valence-electron chi connectivity index (χ1n) is 3.46. The molecular formula is C8H8OS. The van der Waals surface area contributed by atoms with E-state index < -0.39 is 0 Å². The second-order valence-corrected chi connectivity index (χ2v) is 3.49. The molecule has 1 aromatic rings. The van der Waals surface area contributed by atoms with Gasteiger partial charge in [-0.05, 0) is 35.8 Å². The van der Waals surface area contributed by atoms with Crippen molar-refractivity contribution >= 4 is 17.6 Å². The highest BCUT2D eigenvalue weighted by molar-refractivity contribution is 7.12. The van der Waals surface area contributed by atoms with Gasteiger partial charge in [0.25, 0.3) is 0 Å². The van der Waals surface area contributed by atoms with Crippen LogP contribution in [0, 0.1) is 0 Å². The molecule has 1 nitrogen and oxygen atoms in total. The van der Waals surface area contributed by atoms with Crippen molar-refractivity contribution in [3.8, 4) is 0 Å². The molecule has 1 aromatic heterocycles. The first kappa shape index (κ1) is 6.10. The molecule has 10 heavy (non-hydrogen) atoms. The maximum atomic E-state index is 10.4. The quantitative estimate of drug-likeness (QED) is 0.563. The Balaban J connectivity index is 2.53. The number of aryl methyl sites for hydroxylation is 1. The van der Waals surface area contributed by atoms with Crippen molar-refractivity contribution in [2.75, 3.05) is 0 Å². The van der Waals surface area contributed by atoms with Crippen molar-refractivity contribution < 1.29 is 4.79 Å². The maximum absolute atomic E-state index is 10.4. The van der Waals surface area contributed by atoms with Gasteiger partial charge >= 0.3 is 0 Å². The van der Waals surface area contributed by atoms with E-state index in [1.54, 1.807) is 11.3 Å². The molecule has 1 aliphatic carbocycles. The van der Waals surface area contributed by atoms with Crippen molar-refractivity contribution in [2.24, 2.45) is 0 Å². The molecule has 0 atom stereocenters. The van der Waals surface area contributed by atoms with Crippen molar-refractivity contribution in [2.45, 2.75) is 19.3 Å². The van der Waals surface area contributed by atoms with Gasteiger partial charge in [-0.2, -0.15) is 0 Å². The summed E-state index contributed by atoms with van der Waals surface area (Å²) in [7, 11) is 0. The minimum atomic E-state index is 0.951. The number of fused-ring (bicyclic) bond motifs is 1. The van der Waals surface area contributed by atoms with Crippen LogP contribution in [0.3, 0.4) is 0 Å². The molecule has 2 heteroatoms. The van der Waals surface area contributed by atoms with Gasteiger partial charge in [-0.1, -0.05) is 0 Å². The van der Waals surface area contributed by atoms with Crippen LogP contribution < -0.4 is 0 Å². The average molecular weight is 152 g/mol. The van der Waals surface area contributed by atoms with Gasteiger partial charge in [0, 0.05) is 0 Å². The van der Waals surface area contributed by atoms with Gasteiger partial charge in [0.2, 0.25) is 0 Å². The fourth-order valence-corrected chi connectivity index (χ4v) is 2.44. The molecule has 0 aromatic carbocycles. The molecule has 0 saturated heterocycles. The largest absolute Gasteiger partial charge is 0.297 e. The first-order chi connectivity index (χ1) is 4.92. The van der Waals surface area contributed by atoms with Gasteiger partial charge in [-0.15, -0.1) is 11.3 Å². The molecule has 0 unspecified atom stereocenters. The summed E-state index contributed by atoms with van der Waals surface area (Å²) in [6.45, 7) is 0. The predicted octanol–water partition coefficient (Wildman–Crippen LogP) is 2.05. The SMILES string of the molecule is O=Cc1scc2c1CCC2. The fourth-order valence-electron chi connectivity index (χ4n) is 1.48. The molecule has 1 aliphatic rings. The number of carbonyl (C=O) groups excluding carboxylic acids is 1. The number of hydrogen-bond donors (Lipinski definition) is 0. The van der Waals surface area contributed by atoms with E-state index in [4.69, 9.17) is 0 Å². The summed E-state index contributed by atoms with van der Waals surface area (Å²) in [5.41, 5.74) is 2.73. The minimum absolute atomic E-state index is 0.951. The number of carbonyl (C=O) groups is 1. The van der Waals surface area contributed by atoms with E-state index in [1.165, 1.54) is 24.0 Å². The van der Waals surface area contributed by atoms with Crippen molar-refractivity contribution in [1.82, 2.24) is 0 Å². The Bertz CT molecular complexity index is 262. The monoisotopic (exact) mass is 152 g/mol. The lowest BCUT2D eigenvalue weighted by Crippen LogP contribution is -1.80. The van der Waals surface area contributed by atoms with Crippen LogP contribution >= 0.6 is 11.3 Å². The van der Waals surface area contributed by atoms with Crippen molar-refractivity contribution in [1.29, 1.82) is 0 Å². The molecule has 0 N–H and O–H groups in total. The maximum Gasteiger partial charge on any atom is 0.160 e. The molecule has 1 heterocycles. The Morgan fingerprint density at radius 3 is 3.20 bits per heavy atom. The highest BCUT2D eigenvalue weighted by Gasteiger charge is 2.15. The smallest absolute Gasteiger partial charge is 0.160 e. The van der Waals surface area contributed by atoms with E-state index in [1.807, 2.05) is 0 Å². The van der Waals surface area contributed by atoms with E-state index >= 15 is 0 Å². The van der Waals surface area contributed by atoms with E-state index in [0.29, 0.717) is 0 Å². The summed E-state index contributed by atoms with van der Waals surface area (Å²) in [5.74, 6) is 0. The van der Waals surface area contributed by atoms with Crippen LogP contribution in [0.4, 0.5) is 0 Å². The van der Waals surface area contributed by atoms with E-state index in [0.717, 1.165) is 17.6 Å². The average Bonchev–Trinajstić information content (AvgIpc) is 2.44. The molecular weight excluding hydrogens is 144 g/mol. The summed E-state index contributed by atoms with van der Waals surface area (Å²) >= 11 is 1.58. The summed E-state index contributed by atoms with van der Waals surface area (Å²) in [6, 6.07) is 0. The van der Waals surface area contributed by atoms with Gasteiger partial charge in [0.15, 0.2) is 6.29 Å². The third kappa shape index (κ3) is 0.721. The normalized spacial score (nSPS) is 15.2. The molecule has 0 aliphatic heterocycles. The van der Waals surface area contributed by atoms with Crippen LogP contribution in [-0.4, -0.2) is 6.29 Å². The van der Waals surface area contributed by atoms with Gasteiger partial charge in [0.05, 0.1) is 4.88 Å². The van der Waals surface area contributed by atoms with Crippen LogP contribution in [0.25, 0.3) is 0 Å². The van der Waals surface area contributed by atoms with Crippen LogP contribution in [0.2, 0.25) is 0 Å². The van der Waals surface area contributed by atoms with Gasteiger partial charge in [-0.3, -0.25) is 4.79 Å². The number of thiophene rings is 1. The van der Waals surface area contributed by atoms with Gasteiger partial charge in [-0.25, -0.2) is 0 Å². The molecule has 0 spiro atoms. The zero-order valence-corrected chi connectivity index (χ0v) is 6.41. The van der Waals surface area contributed by atoms with Crippen molar-refractivity contribution in [3.63, 3.8) is 0 Å². The molecule has 0 fully saturated rings. The highest BCUT2D eigenvalue weighted by Crippen LogP contribution is 2.29. The van der Waals surface area contributed by atoms with E-state index in [2.05, 4.69) is 5.38 Å². The van der Waals surface area contributed by atoms with E-state index in [-0.39, 0.29) is 0 Å². The molecule has 0 saturated carbocycles. The predicted molar refractivity (Wildman–Crippen MR) is 41.7 cm³/mol. The summed E-state index contributed by atoms with van der Waals surface area (Å²) in [5, 5.41) is 2.12. The molecule has 2 rings (SSSR count). The standard InChI is InChI=1S/C8H8OS/c9-4-8-7-3-1-2-6(7)5-10-8/h4-5H,1-3H2. The van der Waals surface area contributed by atoms with Crippen molar-refractivity contribution in [3.05, 3.63) is 21.4 Å². The summed E-state index contributed by atoms with van der Waals surface area (Å²) in [4.78, 5) is 11.4. The summed E-state index contributed by atoms with van der Waals surface area (Å²) in [6.07, 6.45) is 4.51. The molecule has 52 valence electrons. The fraction of sp³-hybridized carbons (Fsp3) is 0.375. The van der Waals surface area contributed by atoms with Crippen LogP contribution in [0.5, 0.6) is 0 Å².